The summed E-state index contributed by atoms with van der Waals surface area (Å²) in [4.78, 5) is 18.3. The molecule has 1 aliphatic heterocycles. The van der Waals surface area contributed by atoms with Crippen LogP contribution in [0.1, 0.15) is 42.7 Å². The van der Waals surface area contributed by atoms with E-state index in [9.17, 15) is 4.79 Å². The summed E-state index contributed by atoms with van der Waals surface area (Å²) in [7, 11) is 1.38. The Hall–Kier alpha value is -1.46. The Bertz CT molecular complexity index is 461. The lowest BCUT2D eigenvalue weighted by atomic mass is 10.0. The number of methoxy groups -OCH3 is 1. The van der Waals surface area contributed by atoms with Gasteiger partial charge in [-0.1, -0.05) is 13.8 Å². The maximum absolute atomic E-state index is 11.4. The third-order valence-electron chi connectivity index (χ3n) is 4.19. The zero-order chi connectivity index (χ0) is 15.2. The normalized spacial score (nSPS) is 23.0. The molecule has 0 saturated carbocycles. The number of rotatable bonds is 5. The van der Waals surface area contributed by atoms with E-state index in [0.717, 1.165) is 38.2 Å². The second kappa shape index (κ2) is 7.52. The second-order valence-corrected chi connectivity index (χ2v) is 5.53. The Kier molecular flexibility index (Phi) is 5.70. The zero-order valence-electron chi connectivity index (χ0n) is 13.1. The predicted octanol–water partition coefficient (Wildman–Crippen LogP) is 1.83. The van der Waals surface area contributed by atoms with Crippen LogP contribution in [0.4, 0.5) is 0 Å². The summed E-state index contributed by atoms with van der Waals surface area (Å²) in [6.45, 7) is 7.35. The van der Waals surface area contributed by atoms with E-state index in [1.165, 1.54) is 7.11 Å². The van der Waals surface area contributed by atoms with E-state index in [4.69, 9.17) is 4.74 Å². The molecule has 0 radical (unpaired) electrons. The molecule has 0 amide bonds. The number of pyridine rings is 1. The van der Waals surface area contributed by atoms with E-state index < -0.39 is 0 Å². The van der Waals surface area contributed by atoms with Crippen LogP contribution in [0.15, 0.2) is 18.3 Å². The van der Waals surface area contributed by atoms with Gasteiger partial charge in [0.2, 0.25) is 0 Å². The van der Waals surface area contributed by atoms with Crippen molar-refractivity contribution in [3.05, 3.63) is 29.6 Å². The Morgan fingerprint density at radius 1 is 1.43 bits per heavy atom. The lowest BCUT2D eigenvalue weighted by molar-refractivity contribution is 0.0600. The highest BCUT2D eigenvalue weighted by molar-refractivity contribution is 5.88. The Balaban J connectivity index is 2.03. The monoisotopic (exact) mass is 291 g/mol. The third kappa shape index (κ3) is 4.02. The van der Waals surface area contributed by atoms with Crippen molar-refractivity contribution in [2.75, 3.05) is 20.2 Å². The van der Waals surface area contributed by atoms with Crippen molar-refractivity contribution in [3.8, 4) is 0 Å². The fourth-order valence-corrected chi connectivity index (χ4v) is 2.76. The number of aromatic nitrogens is 1. The minimum atomic E-state index is -0.339. The van der Waals surface area contributed by atoms with Crippen molar-refractivity contribution in [1.29, 1.82) is 0 Å². The van der Waals surface area contributed by atoms with Crippen molar-refractivity contribution in [3.63, 3.8) is 0 Å². The highest BCUT2D eigenvalue weighted by atomic mass is 16.5. The fraction of sp³-hybridized carbons (Fsp3) is 0.625. The van der Waals surface area contributed by atoms with Crippen LogP contribution < -0.4 is 5.32 Å². The summed E-state index contributed by atoms with van der Waals surface area (Å²) in [6.07, 6.45) is 3.87. The number of ether oxygens (including phenoxy) is 1. The number of carbonyl (C=O) groups is 1. The molecule has 2 rings (SSSR count). The molecule has 1 aliphatic rings. The van der Waals surface area contributed by atoms with Gasteiger partial charge in [0.25, 0.3) is 0 Å². The standard InChI is InChI=1S/C16H25N3O2/c1-4-13-10-19(15(5-2)9-18-13)11-14-7-6-12(8-17-14)16(20)21-3/h6-8,13,15,18H,4-5,9-11H2,1-3H3. The lowest BCUT2D eigenvalue weighted by Gasteiger charge is -2.39. The number of esters is 1. The molecule has 1 aromatic heterocycles. The van der Waals surface area contributed by atoms with Gasteiger partial charge in [0.1, 0.15) is 0 Å². The van der Waals surface area contributed by atoms with Gasteiger partial charge in [0, 0.05) is 37.9 Å². The SMILES string of the molecule is CCC1CN(Cc2ccc(C(=O)OC)cn2)C(CC)CN1. The van der Waals surface area contributed by atoms with Crippen LogP contribution in [0.2, 0.25) is 0 Å². The van der Waals surface area contributed by atoms with Gasteiger partial charge >= 0.3 is 5.97 Å². The first kappa shape index (κ1) is 15.9. The van der Waals surface area contributed by atoms with Crippen LogP contribution >= 0.6 is 0 Å². The second-order valence-electron chi connectivity index (χ2n) is 5.53. The molecule has 1 fully saturated rings. The molecule has 1 saturated heterocycles. The molecule has 0 bridgehead atoms. The molecule has 0 aliphatic carbocycles. The van der Waals surface area contributed by atoms with Gasteiger partial charge in [-0.15, -0.1) is 0 Å². The average molecular weight is 291 g/mol. The van der Waals surface area contributed by atoms with Gasteiger partial charge in [0.05, 0.1) is 18.4 Å². The molecule has 2 atom stereocenters. The van der Waals surface area contributed by atoms with Crippen LogP contribution in [-0.2, 0) is 11.3 Å². The Morgan fingerprint density at radius 3 is 2.81 bits per heavy atom. The largest absolute Gasteiger partial charge is 0.465 e. The maximum Gasteiger partial charge on any atom is 0.339 e. The number of nitrogens with zero attached hydrogens (tertiary/aromatic N) is 2. The van der Waals surface area contributed by atoms with Gasteiger partial charge in [-0.05, 0) is 25.0 Å². The molecule has 1 N–H and O–H groups in total. The first-order valence-corrected chi connectivity index (χ1v) is 7.68. The van der Waals surface area contributed by atoms with Crippen molar-refractivity contribution in [2.45, 2.75) is 45.3 Å². The lowest BCUT2D eigenvalue weighted by Crippen LogP contribution is -2.55. The number of hydrogen-bond acceptors (Lipinski definition) is 5. The quantitative estimate of drug-likeness (QED) is 0.839. The molecule has 5 nitrogen and oxygen atoms in total. The Labute approximate surface area is 126 Å². The van der Waals surface area contributed by atoms with Crippen LogP contribution in [0, 0.1) is 0 Å². The molecule has 2 unspecified atom stereocenters. The summed E-state index contributed by atoms with van der Waals surface area (Å²) >= 11 is 0. The van der Waals surface area contributed by atoms with Crippen molar-refractivity contribution in [2.24, 2.45) is 0 Å². The zero-order valence-corrected chi connectivity index (χ0v) is 13.1. The minimum absolute atomic E-state index is 0.339. The topological polar surface area (TPSA) is 54.5 Å². The van der Waals surface area contributed by atoms with Gasteiger partial charge in [-0.3, -0.25) is 9.88 Å². The summed E-state index contributed by atoms with van der Waals surface area (Å²) < 4.78 is 4.69. The average Bonchev–Trinajstić information content (AvgIpc) is 2.54. The summed E-state index contributed by atoms with van der Waals surface area (Å²) in [5.74, 6) is -0.339. The first-order chi connectivity index (χ1) is 10.2. The van der Waals surface area contributed by atoms with E-state index in [-0.39, 0.29) is 5.97 Å². The van der Waals surface area contributed by atoms with Crippen molar-refractivity contribution >= 4 is 5.97 Å². The van der Waals surface area contributed by atoms with Gasteiger partial charge in [0.15, 0.2) is 0 Å². The molecular formula is C16H25N3O2. The van der Waals surface area contributed by atoms with Crippen molar-refractivity contribution < 1.29 is 9.53 Å². The summed E-state index contributed by atoms with van der Waals surface area (Å²) in [5.41, 5.74) is 1.50. The predicted molar refractivity (Wildman–Crippen MR) is 82.1 cm³/mol. The van der Waals surface area contributed by atoms with Crippen LogP contribution in [-0.4, -0.2) is 48.1 Å². The van der Waals surface area contributed by atoms with Crippen LogP contribution in [0.3, 0.4) is 0 Å². The number of piperazine rings is 1. The van der Waals surface area contributed by atoms with E-state index in [1.807, 2.05) is 6.07 Å². The van der Waals surface area contributed by atoms with E-state index >= 15 is 0 Å². The van der Waals surface area contributed by atoms with Crippen LogP contribution in [0.5, 0.6) is 0 Å². The van der Waals surface area contributed by atoms with Gasteiger partial charge in [-0.25, -0.2) is 4.79 Å². The van der Waals surface area contributed by atoms with Gasteiger partial charge < -0.3 is 10.1 Å². The number of hydrogen-bond donors (Lipinski definition) is 1. The fourth-order valence-electron chi connectivity index (χ4n) is 2.76. The van der Waals surface area contributed by atoms with E-state index in [0.29, 0.717) is 17.6 Å². The first-order valence-electron chi connectivity index (χ1n) is 7.68. The third-order valence-corrected chi connectivity index (χ3v) is 4.19. The smallest absolute Gasteiger partial charge is 0.339 e. The molecule has 2 heterocycles. The number of carbonyl (C=O) groups excluding carboxylic acids is 1. The molecule has 21 heavy (non-hydrogen) atoms. The molecule has 5 heteroatoms. The Morgan fingerprint density at radius 2 is 2.24 bits per heavy atom. The summed E-state index contributed by atoms with van der Waals surface area (Å²) in [5, 5.41) is 3.59. The van der Waals surface area contributed by atoms with Gasteiger partial charge in [-0.2, -0.15) is 0 Å². The van der Waals surface area contributed by atoms with E-state index in [2.05, 4.69) is 29.0 Å². The highest BCUT2D eigenvalue weighted by Gasteiger charge is 2.25. The highest BCUT2D eigenvalue weighted by Crippen LogP contribution is 2.15. The van der Waals surface area contributed by atoms with Crippen molar-refractivity contribution in [1.82, 2.24) is 15.2 Å². The molecule has 0 aromatic carbocycles. The minimum Gasteiger partial charge on any atom is -0.465 e. The maximum atomic E-state index is 11.4. The molecular weight excluding hydrogens is 266 g/mol. The number of nitrogens with one attached hydrogen (secondary N) is 1. The summed E-state index contributed by atoms with van der Waals surface area (Å²) in [6, 6.07) is 4.81. The van der Waals surface area contributed by atoms with E-state index in [1.54, 1.807) is 12.3 Å². The molecule has 0 spiro atoms. The van der Waals surface area contributed by atoms with Crippen LogP contribution in [0.25, 0.3) is 0 Å². The molecule has 116 valence electrons. The molecule has 1 aromatic rings.